The van der Waals surface area contributed by atoms with Crippen molar-refractivity contribution in [1.29, 1.82) is 0 Å². The molecule has 0 bridgehead atoms. The number of nitrogens with zero attached hydrogens (tertiary/aromatic N) is 2. The molecule has 1 aliphatic rings. The molecule has 7 nitrogen and oxygen atoms in total. The fourth-order valence-corrected chi connectivity index (χ4v) is 2.35. The Morgan fingerprint density at radius 2 is 2.04 bits per heavy atom. The molecular weight excluding hydrogens is 322 g/mol. The Balaban J connectivity index is 1.57. The summed E-state index contributed by atoms with van der Waals surface area (Å²) >= 11 is 0. The second kappa shape index (κ2) is 7.04. The summed E-state index contributed by atoms with van der Waals surface area (Å²) in [5, 5.41) is 12.3. The van der Waals surface area contributed by atoms with Gasteiger partial charge in [-0.25, -0.2) is 4.98 Å². The zero-order valence-electron chi connectivity index (χ0n) is 13.6. The second-order valence-corrected chi connectivity index (χ2v) is 5.59. The van der Waals surface area contributed by atoms with Crippen molar-refractivity contribution in [1.82, 2.24) is 15.2 Å². The molecule has 2 amide bonds. The molecule has 3 rings (SSSR count). The Bertz CT molecular complexity index is 816. The minimum atomic E-state index is -0.547. The standard InChI is InChI=1S/C18H17N3O4/c1-21-11-14(16(22)18(21)24)17(23)20-10-12-7-8-15(19-9-12)25-13-5-3-2-4-6-13/h2-9,22H,10-11H2,1H3,(H,20,23). The predicted octanol–water partition coefficient (Wildman–Crippen LogP) is 1.77. The summed E-state index contributed by atoms with van der Waals surface area (Å²) in [6.45, 7) is 0.324. The smallest absolute Gasteiger partial charge is 0.289 e. The maximum absolute atomic E-state index is 12.1. The number of aromatic nitrogens is 1. The third-order valence-electron chi connectivity index (χ3n) is 3.72. The Morgan fingerprint density at radius 3 is 2.64 bits per heavy atom. The van der Waals surface area contributed by atoms with E-state index in [1.807, 2.05) is 30.3 Å². The maximum atomic E-state index is 12.1. The number of ether oxygens (including phenoxy) is 1. The largest absolute Gasteiger partial charge is 0.503 e. The Morgan fingerprint density at radius 1 is 1.28 bits per heavy atom. The van der Waals surface area contributed by atoms with E-state index in [2.05, 4.69) is 10.3 Å². The molecule has 1 aliphatic heterocycles. The van der Waals surface area contributed by atoms with Gasteiger partial charge in [0.05, 0.1) is 12.1 Å². The number of aliphatic hydroxyl groups excluding tert-OH is 1. The third kappa shape index (κ3) is 3.77. The van der Waals surface area contributed by atoms with Gasteiger partial charge in [0.15, 0.2) is 5.76 Å². The van der Waals surface area contributed by atoms with Gasteiger partial charge < -0.3 is 20.1 Å². The van der Waals surface area contributed by atoms with Crippen LogP contribution in [0.25, 0.3) is 0 Å². The number of likely N-dealkylation sites (N-methyl/N-ethyl adjacent to an activating group) is 1. The first-order chi connectivity index (χ1) is 12.0. The van der Waals surface area contributed by atoms with Crippen LogP contribution in [0.5, 0.6) is 11.6 Å². The average Bonchev–Trinajstić information content (AvgIpc) is 2.89. The van der Waals surface area contributed by atoms with Gasteiger partial charge in [-0.3, -0.25) is 9.59 Å². The molecule has 7 heteroatoms. The van der Waals surface area contributed by atoms with Crippen LogP contribution in [0.4, 0.5) is 0 Å². The highest BCUT2D eigenvalue weighted by Crippen LogP contribution is 2.19. The monoisotopic (exact) mass is 339 g/mol. The summed E-state index contributed by atoms with van der Waals surface area (Å²) in [7, 11) is 1.52. The quantitative estimate of drug-likeness (QED) is 0.866. The van der Waals surface area contributed by atoms with E-state index in [-0.39, 0.29) is 18.7 Å². The summed E-state index contributed by atoms with van der Waals surface area (Å²) < 4.78 is 5.60. The van der Waals surface area contributed by atoms with Crippen LogP contribution in [0.3, 0.4) is 0 Å². The first-order valence-electron chi connectivity index (χ1n) is 7.68. The Kier molecular flexibility index (Phi) is 4.65. The van der Waals surface area contributed by atoms with Crippen molar-refractivity contribution in [2.45, 2.75) is 6.54 Å². The summed E-state index contributed by atoms with van der Waals surface area (Å²) in [5.74, 6) is -0.378. The zero-order valence-corrected chi connectivity index (χ0v) is 13.6. The zero-order chi connectivity index (χ0) is 17.8. The van der Waals surface area contributed by atoms with Gasteiger partial charge in [-0.2, -0.15) is 0 Å². The molecule has 2 heterocycles. The number of carbonyl (C=O) groups excluding carboxylic acids is 2. The highest BCUT2D eigenvalue weighted by atomic mass is 16.5. The van der Waals surface area contributed by atoms with Gasteiger partial charge in [0.25, 0.3) is 11.8 Å². The molecule has 128 valence electrons. The van der Waals surface area contributed by atoms with E-state index in [1.165, 1.54) is 11.9 Å². The van der Waals surface area contributed by atoms with E-state index < -0.39 is 17.6 Å². The van der Waals surface area contributed by atoms with Crippen LogP contribution in [-0.4, -0.2) is 40.4 Å². The Labute approximate surface area is 144 Å². The van der Waals surface area contributed by atoms with Crippen molar-refractivity contribution < 1.29 is 19.4 Å². The van der Waals surface area contributed by atoms with E-state index in [4.69, 9.17) is 4.74 Å². The van der Waals surface area contributed by atoms with Gasteiger partial charge in [0.2, 0.25) is 5.88 Å². The normalized spacial score (nSPS) is 14.0. The van der Waals surface area contributed by atoms with E-state index in [0.717, 1.165) is 5.56 Å². The molecule has 0 atom stereocenters. The molecule has 2 aromatic rings. The summed E-state index contributed by atoms with van der Waals surface area (Å²) in [5.41, 5.74) is 0.844. The lowest BCUT2D eigenvalue weighted by molar-refractivity contribution is -0.126. The summed E-state index contributed by atoms with van der Waals surface area (Å²) in [6.07, 6.45) is 1.60. The molecular formula is C18H17N3O4. The first-order valence-corrected chi connectivity index (χ1v) is 7.68. The molecule has 0 spiro atoms. The van der Waals surface area contributed by atoms with Gasteiger partial charge >= 0.3 is 0 Å². The molecule has 0 radical (unpaired) electrons. The van der Waals surface area contributed by atoms with Crippen molar-refractivity contribution in [2.75, 3.05) is 13.6 Å². The number of hydrogen-bond donors (Lipinski definition) is 2. The fraction of sp³-hybridized carbons (Fsp3) is 0.167. The Hall–Kier alpha value is -3.35. The van der Waals surface area contributed by atoms with Crippen LogP contribution in [0.1, 0.15) is 5.56 Å². The number of para-hydroxylation sites is 1. The number of amides is 2. The number of benzene rings is 1. The molecule has 25 heavy (non-hydrogen) atoms. The number of rotatable bonds is 5. The molecule has 1 aromatic heterocycles. The van der Waals surface area contributed by atoms with Crippen molar-refractivity contribution in [3.05, 3.63) is 65.6 Å². The lowest BCUT2D eigenvalue weighted by Crippen LogP contribution is -2.27. The molecule has 0 unspecified atom stereocenters. The molecule has 1 aromatic carbocycles. The minimum absolute atomic E-state index is 0.0736. The molecule has 0 saturated heterocycles. The SMILES string of the molecule is CN1CC(C(=O)NCc2ccc(Oc3ccccc3)nc2)=C(O)C1=O. The maximum Gasteiger partial charge on any atom is 0.289 e. The second-order valence-electron chi connectivity index (χ2n) is 5.59. The van der Waals surface area contributed by atoms with Crippen molar-refractivity contribution in [3.63, 3.8) is 0 Å². The highest BCUT2D eigenvalue weighted by Gasteiger charge is 2.31. The van der Waals surface area contributed by atoms with Gasteiger partial charge in [-0.1, -0.05) is 24.3 Å². The van der Waals surface area contributed by atoms with Crippen LogP contribution in [0, 0.1) is 0 Å². The summed E-state index contributed by atoms with van der Waals surface area (Å²) in [4.78, 5) is 29.0. The van der Waals surface area contributed by atoms with Gasteiger partial charge in [0.1, 0.15) is 5.75 Å². The molecule has 0 fully saturated rings. The van der Waals surface area contributed by atoms with E-state index in [0.29, 0.717) is 11.6 Å². The van der Waals surface area contributed by atoms with Gasteiger partial charge in [-0.15, -0.1) is 0 Å². The highest BCUT2D eigenvalue weighted by molar-refractivity contribution is 6.06. The van der Waals surface area contributed by atoms with Gasteiger partial charge in [0, 0.05) is 25.9 Å². The minimum Gasteiger partial charge on any atom is -0.503 e. The molecule has 0 saturated carbocycles. The molecule has 2 N–H and O–H groups in total. The topological polar surface area (TPSA) is 91.8 Å². The number of carbonyl (C=O) groups is 2. The fourth-order valence-electron chi connectivity index (χ4n) is 2.35. The average molecular weight is 339 g/mol. The van der Waals surface area contributed by atoms with Crippen LogP contribution in [0.2, 0.25) is 0 Å². The first kappa shape index (κ1) is 16.5. The van der Waals surface area contributed by atoms with Crippen molar-refractivity contribution >= 4 is 11.8 Å². The van der Waals surface area contributed by atoms with E-state index >= 15 is 0 Å². The van der Waals surface area contributed by atoms with Crippen molar-refractivity contribution in [2.24, 2.45) is 0 Å². The lowest BCUT2D eigenvalue weighted by atomic mass is 10.2. The van der Waals surface area contributed by atoms with Crippen LogP contribution in [-0.2, 0) is 16.1 Å². The number of nitrogens with one attached hydrogen (secondary N) is 1. The third-order valence-corrected chi connectivity index (χ3v) is 3.72. The number of hydrogen-bond acceptors (Lipinski definition) is 5. The lowest BCUT2D eigenvalue weighted by Gasteiger charge is -2.09. The van der Waals surface area contributed by atoms with Crippen LogP contribution in [0.15, 0.2) is 60.0 Å². The molecule has 0 aliphatic carbocycles. The number of aliphatic hydroxyl groups is 1. The van der Waals surface area contributed by atoms with Crippen LogP contribution < -0.4 is 10.1 Å². The van der Waals surface area contributed by atoms with Crippen molar-refractivity contribution in [3.8, 4) is 11.6 Å². The predicted molar refractivity (Wildman–Crippen MR) is 89.9 cm³/mol. The summed E-state index contributed by atoms with van der Waals surface area (Å²) in [6, 6.07) is 12.8. The van der Waals surface area contributed by atoms with Crippen LogP contribution >= 0.6 is 0 Å². The van der Waals surface area contributed by atoms with Gasteiger partial charge in [-0.05, 0) is 17.7 Å². The van der Waals surface area contributed by atoms with E-state index in [1.54, 1.807) is 18.3 Å². The van der Waals surface area contributed by atoms with E-state index in [9.17, 15) is 14.7 Å². The number of pyridine rings is 1.